The van der Waals surface area contributed by atoms with Crippen LogP contribution in [0.4, 0.5) is 5.82 Å². The summed E-state index contributed by atoms with van der Waals surface area (Å²) >= 11 is 0. The van der Waals surface area contributed by atoms with Crippen molar-refractivity contribution in [2.45, 2.75) is 26.3 Å². The number of rotatable bonds is 2. The van der Waals surface area contributed by atoms with Gasteiger partial charge in [0, 0.05) is 45.3 Å². The molecule has 1 amide bonds. The maximum absolute atomic E-state index is 11.4. The molecule has 1 aliphatic rings. The quantitative estimate of drug-likeness (QED) is 0.868. The molecule has 0 bridgehead atoms. The first-order valence-electron chi connectivity index (χ1n) is 6.80. The molecule has 1 aliphatic heterocycles. The van der Waals surface area contributed by atoms with Gasteiger partial charge < -0.3 is 15.5 Å². The minimum absolute atomic E-state index is 0.0129. The van der Waals surface area contributed by atoms with Gasteiger partial charge in [0.2, 0.25) is 5.91 Å². The number of carbonyl (C=O) groups excluding carboxylic acids is 1. The molecule has 0 saturated carbocycles. The molecule has 2 N–H and O–H groups in total. The van der Waals surface area contributed by atoms with E-state index in [4.69, 9.17) is 5.73 Å². The number of amides is 1. The van der Waals surface area contributed by atoms with E-state index in [0.717, 1.165) is 44.0 Å². The van der Waals surface area contributed by atoms with Crippen LogP contribution >= 0.6 is 0 Å². The summed E-state index contributed by atoms with van der Waals surface area (Å²) in [5.41, 5.74) is 6.87. The van der Waals surface area contributed by atoms with Gasteiger partial charge in [0.25, 0.3) is 0 Å². The number of hydrogen-bond acceptors (Lipinski definition) is 4. The van der Waals surface area contributed by atoms with E-state index in [1.165, 1.54) is 0 Å². The molecule has 2 heterocycles. The van der Waals surface area contributed by atoms with Crippen LogP contribution in [0.1, 0.15) is 31.9 Å². The van der Waals surface area contributed by atoms with E-state index >= 15 is 0 Å². The normalized spacial score (nSPS) is 18.1. The predicted molar refractivity (Wildman–Crippen MR) is 75.9 cm³/mol. The van der Waals surface area contributed by atoms with Crippen LogP contribution in [0.25, 0.3) is 0 Å². The summed E-state index contributed by atoms with van der Waals surface area (Å²) < 4.78 is 0. The van der Waals surface area contributed by atoms with E-state index in [9.17, 15) is 4.79 Å². The first kappa shape index (κ1) is 13.8. The van der Waals surface area contributed by atoms with Crippen molar-refractivity contribution in [2.75, 3.05) is 31.1 Å². The Bertz CT molecular complexity index is 430. The third kappa shape index (κ3) is 3.44. The summed E-state index contributed by atoms with van der Waals surface area (Å²) in [5.74, 6) is 1.12. The Hall–Kier alpha value is -1.62. The highest BCUT2D eigenvalue weighted by molar-refractivity contribution is 5.73. The van der Waals surface area contributed by atoms with Crippen molar-refractivity contribution in [3.8, 4) is 0 Å². The fourth-order valence-corrected chi connectivity index (χ4v) is 2.32. The fourth-order valence-electron chi connectivity index (χ4n) is 2.32. The van der Waals surface area contributed by atoms with E-state index in [2.05, 4.69) is 9.88 Å². The van der Waals surface area contributed by atoms with E-state index in [-0.39, 0.29) is 11.9 Å². The third-order valence-corrected chi connectivity index (χ3v) is 3.56. The Morgan fingerprint density at radius 2 is 2.11 bits per heavy atom. The maximum Gasteiger partial charge on any atom is 0.219 e. The Kier molecular flexibility index (Phi) is 4.37. The number of carbonyl (C=O) groups is 1. The van der Waals surface area contributed by atoms with Crippen molar-refractivity contribution >= 4 is 11.7 Å². The molecule has 0 aliphatic carbocycles. The molecule has 0 aromatic carbocycles. The summed E-state index contributed by atoms with van der Waals surface area (Å²) in [6, 6.07) is 4.06. The summed E-state index contributed by atoms with van der Waals surface area (Å²) in [5, 5.41) is 0. The Morgan fingerprint density at radius 1 is 1.32 bits per heavy atom. The van der Waals surface area contributed by atoms with Crippen molar-refractivity contribution in [3.63, 3.8) is 0 Å². The second kappa shape index (κ2) is 6.02. The molecule has 0 spiro atoms. The number of nitrogens with zero attached hydrogens (tertiary/aromatic N) is 3. The van der Waals surface area contributed by atoms with Crippen LogP contribution in [0.3, 0.4) is 0 Å². The lowest BCUT2D eigenvalue weighted by Crippen LogP contribution is -2.33. The molecule has 0 radical (unpaired) electrons. The second-order valence-electron chi connectivity index (χ2n) is 5.09. The van der Waals surface area contributed by atoms with Gasteiger partial charge >= 0.3 is 0 Å². The van der Waals surface area contributed by atoms with Gasteiger partial charge in [-0.2, -0.15) is 0 Å². The number of aromatic nitrogens is 1. The van der Waals surface area contributed by atoms with Gasteiger partial charge in [-0.15, -0.1) is 0 Å². The Labute approximate surface area is 114 Å². The number of pyridine rings is 1. The van der Waals surface area contributed by atoms with Crippen molar-refractivity contribution in [1.82, 2.24) is 9.88 Å². The average molecular weight is 262 g/mol. The zero-order valence-electron chi connectivity index (χ0n) is 11.7. The van der Waals surface area contributed by atoms with E-state index < -0.39 is 0 Å². The first-order chi connectivity index (χ1) is 9.08. The zero-order chi connectivity index (χ0) is 13.8. The molecule has 5 heteroatoms. The van der Waals surface area contributed by atoms with Crippen molar-refractivity contribution in [2.24, 2.45) is 5.73 Å². The monoisotopic (exact) mass is 262 g/mol. The molecule has 1 aromatic heterocycles. The molecule has 1 saturated heterocycles. The van der Waals surface area contributed by atoms with Crippen LogP contribution in [0.2, 0.25) is 0 Å². The standard InChI is InChI=1S/C14H22N4O/c1-11(15)13-4-5-14(16-10-13)18-7-3-6-17(8-9-18)12(2)19/h4-5,10-11H,3,6-9,15H2,1-2H3. The summed E-state index contributed by atoms with van der Waals surface area (Å²) in [4.78, 5) is 20.0. The highest BCUT2D eigenvalue weighted by Crippen LogP contribution is 2.16. The minimum Gasteiger partial charge on any atom is -0.355 e. The molecule has 19 heavy (non-hydrogen) atoms. The van der Waals surface area contributed by atoms with Gasteiger partial charge in [-0.3, -0.25) is 4.79 Å². The SMILES string of the molecule is CC(=O)N1CCCN(c2ccc(C(C)N)cn2)CC1. The summed E-state index contributed by atoms with van der Waals surface area (Å²) in [7, 11) is 0. The van der Waals surface area contributed by atoms with Crippen LogP contribution in [0, 0.1) is 0 Å². The predicted octanol–water partition coefficient (Wildman–Crippen LogP) is 1.16. The Morgan fingerprint density at radius 3 is 2.68 bits per heavy atom. The number of nitrogens with two attached hydrogens (primary N) is 1. The molecule has 2 rings (SSSR count). The van der Waals surface area contributed by atoms with E-state index in [1.54, 1.807) is 6.92 Å². The fraction of sp³-hybridized carbons (Fsp3) is 0.571. The first-order valence-corrected chi connectivity index (χ1v) is 6.80. The summed E-state index contributed by atoms with van der Waals surface area (Å²) in [6.07, 6.45) is 2.82. The van der Waals surface area contributed by atoms with Gasteiger partial charge in [0.15, 0.2) is 0 Å². The topological polar surface area (TPSA) is 62.5 Å². The van der Waals surface area contributed by atoms with E-state index in [0.29, 0.717) is 0 Å². The molecule has 1 fully saturated rings. The lowest BCUT2D eigenvalue weighted by Gasteiger charge is -2.22. The van der Waals surface area contributed by atoms with Gasteiger partial charge in [0.1, 0.15) is 5.82 Å². The Balaban J connectivity index is 2.03. The largest absolute Gasteiger partial charge is 0.355 e. The number of anilines is 1. The lowest BCUT2D eigenvalue weighted by molar-refractivity contribution is -0.128. The molecule has 5 nitrogen and oxygen atoms in total. The maximum atomic E-state index is 11.4. The highest BCUT2D eigenvalue weighted by Gasteiger charge is 2.17. The van der Waals surface area contributed by atoms with Gasteiger partial charge in [0.05, 0.1) is 0 Å². The van der Waals surface area contributed by atoms with Crippen LogP contribution in [-0.4, -0.2) is 42.0 Å². The average Bonchev–Trinajstić information content (AvgIpc) is 2.64. The van der Waals surface area contributed by atoms with Gasteiger partial charge in [-0.05, 0) is 25.0 Å². The third-order valence-electron chi connectivity index (χ3n) is 3.56. The van der Waals surface area contributed by atoms with Crippen molar-refractivity contribution in [1.29, 1.82) is 0 Å². The molecule has 1 unspecified atom stereocenters. The van der Waals surface area contributed by atoms with Crippen LogP contribution < -0.4 is 10.6 Å². The second-order valence-corrected chi connectivity index (χ2v) is 5.09. The molecule has 1 atom stereocenters. The van der Waals surface area contributed by atoms with Crippen LogP contribution in [0.5, 0.6) is 0 Å². The lowest BCUT2D eigenvalue weighted by atomic mass is 10.1. The number of hydrogen-bond donors (Lipinski definition) is 1. The van der Waals surface area contributed by atoms with Crippen molar-refractivity contribution < 1.29 is 4.79 Å². The van der Waals surface area contributed by atoms with E-state index in [1.807, 2.05) is 30.2 Å². The minimum atomic E-state index is 0.0129. The highest BCUT2D eigenvalue weighted by atomic mass is 16.2. The summed E-state index contributed by atoms with van der Waals surface area (Å²) in [6.45, 7) is 6.97. The van der Waals surface area contributed by atoms with Crippen molar-refractivity contribution in [3.05, 3.63) is 23.9 Å². The van der Waals surface area contributed by atoms with Crippen LogP contribution in [0.15, 0.2) is 18.3 Å². The zero-order valence-corrected chi connectivity index (χ0v) is 11.7. The molecule has 104 valence electrons. The smallest absolute Gasteiger partial charge is 0.219 e. The van der Waals surface area contributed by atoms with Gasteiger partial charge in [-0.1, -0.05) is 6.07 Å². The molecular weight excluding hydrogens is 240 g/mol. The molecule has 1 aromatic rings. The van der Waals surface area contributed by atoms with Crippen LogP contribution in [-0.2, 0) is 4.79 Å². The molecular formula is C14H22N4O. The van der Waals surface area contributed by atoms with Gasteiger partial charge in [-0.25, -0.2) is 4.98 Å².